The highest BCUT2D eigenvalue weighted by molar-refractivity contribution is 5.92. The number of aromatic nitrogens is 5. The average molecular weight is 276 g/mol. The highest BCUT2D eigenvalue weighted by Gasteiger charge is 2.34. The lowest BCUT2D eigenvalue weighted by Crippen LogP contribution is -2.51. The number of methoxy groups -OCH3 is 1. The van der Waals surface area contributed by atoms with E-state index in [1.165, 1.54) is 0 Å². The number of rotatable bonds is 4. The number of nitrogens with zero attached hydrogens (tertiary/aromatic N) is 6. The fourth-order valence-electron chi connectivity index (χ4n) is 2.18. The fraction of sp³-hybridized carbons (Fsp3) is 0.500. The summed E-state index contributed by atoms with van der Waals surface area (Å²) in [6.45, 7) is 1.71. The number of hydrogen-bond acceptors (Lipinski definition) is 5. The monoisotopic (exact) mass is 276 g/mol. The normalized spacial score (nSPS) is 15.4. The van der Waals surface area contributed by atoms with Crippen LogP contribution in [-0.4, -0.2) is 55.6 Å². The Labute approximate surface area is 116 Å². The zero-order chi connectivity index (χ0) is 14.1. The molecule has 2 aromatic heterocycles. The smallest absolute Gasteiger partial charge is 0.274 e. The Morgan fingerprint density at radius 1 is 1.45 bits per heavy atom. The van der Waals surface area contributed by atoms with Crippen LogP contribution in [0.15, 0.2) is 18.7 Å². The van der Waals surface area contributed by atoms with E-state index in [4.69, 9.17) is 4.74 Å². The first-order chi connectivity index (χ1) is 9.67. The molecule has 2 aromatic rings. The molecule has 1 aliphatic heterocycles. The first kappa shape index (κ1) is 12.8. The summed E-state index contributed by atoms with van der Waals surface area (Å²) in [6, 6.07) is 0.181. The van der Waals surface area contributed by atoms with Crippen molar-refractivity contribution in [1.82, 2.24) is 29.4 Å². The molecule has 1 saturated heterocycles. The van der Waals surface area contributed by atoms with Crippen molar-refractivity contribution in [3.8, 4) is 0 Å². The highest BCUT2D eigenvalue weighted by atomic mass is 16.5. The minimum Gasteiger partial charge on any atom is -0.378 e. The van der Waals surface area contributed by atoms with Crippen molar-refractivity contribution < 1.29 is 9.53 Å². The first-order valence-corrected chi connectivity index (χ1v) is 6.34. The van der Waals surface area contributed by atoms with Gasteiger partial charge in [0, 0.05) is 33.4 Å². The molecule has 0 spiro atoms. The molecule has 0 aromatic carbocycles. The van der Waals surface area contributed by atoms with Gasteiger partial charge < -0.3 is 14.2 Å². The summed E-state index contributed by atoms with van der Waals surface area (Å²) in [5.41, 5.74) is 1.27. The quantitative estimate of drug-likeness (QED) is 0.776. The van der Waals surface area contributed by atoms with Crippen LogP contribution in [0.5, 0.6) is 0 Å². The Bertz CT molecular complexity index is 613. The third-order valence-electron chi connectivity index (χ3n) is 3.30. The van der Waals surface area contributed by atoms with Gasteiger partial charge in [0.25, 0.3) is 5.91 Å². The molecule has 8 nitrogen and oxygen atoms in total. The molecule has 0 radical (unpaired) electrons. The lowest BCUT2D eigenvalue weighted by Gasteiger charge is -2.38. The summed E-state index contributed by atoms with van der Waals surface area (Å²) in [4.78, 5) is 17.9. The van der Waals surface area contributed by atoms with Gasteiger partial charge in [-0.1, -0.05) is 5.21 Å². The van der Waals surface area contributed by atoms with Gasteiger partial charge in [0.05, 0.1) is 25.2 Å². The van der Waals surface area contributed by atoms with Crippen LogP contribution < -0.4 is 0 Å². The summed E-state index contributed by atoms with van der Waals surface area (Å²) in [6.07, 6.45) is 5.21. The van der Waals surface area contributed by atoms with Gasteiger partial charge in [0.2, 0.25) is 0 Å². The predicted octanol–water partition coefficient (Wildman–Crippen LogP) is -0.145. The lowest BCUT2D eigenvalue weighted by atomic mass is 10.1. The highest BCUT2D eigenvalue weighted by Crippen LogP contribution is 2.22. The molecular weight excluding hydrogens is 260 g/mol. The molecule has 20 heavy (non-hydrogen) atoms. The van der Waals surface area contributed by atoms with Crippen LogP contribution in [0.3, 0.4) is 0 Å². The maximum absolute atomic E-state index is 12.1. The number of carbonyl (C=O) groups excluding carboxylic acids is 1. The fourth-order valence-corrected chi connectivity index (χ4v) is 2.18. The summed E-state index contributed by atoms with van der Waals surface area (Å²) in [5, 5.41) is 8.07. The summed E-state index contributed by atoms with van der Waals surface area (Å²) < 4.78 is 8.55. The molecule has 0 N–H and O–H groups in total. The van der Waals surface area contributed by atoms with Crippen molar-refractivity contribution >= 4 is 5.91 Å². The zero-order valence-electron chi connectivity index (χ0n) is 11.4. The van der Waals surface area contributed by atoms with Crippen molar-refractivity contribution in [2.24, 2.45) is 7.05 Å². The van der Waals surface area contributed by atoms with E-state index in [2.05, 4.69) is 15.3 Å². The van der Waals surface area contributed by atoms with Gasteiger partial charge >= 0.3 is 0 Å². The van der Waals surface area contributed by atoms with E-state index >= 15 is 0 Å². The Hall–Kier alpha value is -2.22. The molecular formula is C12H16N6O2. The van der Waals surface area contributed by atoms with E-state index in [1.807, 2.05) is 13.2 Å². The van der Waals surface area contributed by atoms with Crippen LogP contribution in [0.4, 0.5) is 0 Å². The second kappa shape index (κ2) is 5.04. The molecule has 3 rings (SSSR count). The van der Waals surface area contributed by atoms with E-state index in [9.17, 15) is 4.79 Å². The number of carbonyl (C=O) groups is 1. The Balaban J connectivity index is 1.59. The van der Waals surface area contributed by atoms with Crippen molar-refractivity contribution in [3.63, 3.8) is 0 Å². The number of likely N-dealkylation sites (tertiary alicyclic amines) is 1. The molecule has 0 atom stereocenters. The van der Waals surface area contributed by atoms with E-state index in [1.54, 1.807) is 33.8 Å². The minimum absolute atomic E-state index is 0.0425. The summed E-state index contributed by atoms with van der Waals surface area (Å²) in [5.74, 6) is -0.0425. The number of amides is 1. The van der Waals surface area contributed by atoms with Crippen molar-refractivity contribution in [1.29, 1.82) is 0 Å². The molecule has 8 heteroatoms. The second-order valence-corrected chi connectivity index (χ2v) is 4.91. The van der Waals surface area contributed by atoms with Crippen LogP contribution in [0.1, 0.15) is 22.2 Å². The van der Waals surface area contributed by atoms with Gasteiger partial charge in [-0.15, -0.1) is 5.10 Å². The van der Waals surface area contributed by atoms with Crippen LogP contribution in [0.2, 0.25) is 0 Å². The van der Waals surface area contributed by atoms with Crippen LogP contribution in [0, 0.1) is 0 Å². The predicted molar refractivity (Wildman–Crippen MR) is 68.9 cm³/mol. The third kappa shape index (κ3) is 2.29. The number of hydrogen-bond donors (Lipinski definition) is 0. The molecule has 1 fully saturated rings. The van der Waals surface area contributed by atoms with Gasteiger partial charge in [0.1, 0.15) is 11.4 Å². The maximum Gasteiger partial charge on any atom is 0.274 e. The van der Waals surface area contributed by atoms with Gasteiger partial charge in [-0.05, 0) is 0 Å². The lowest BCUT2D eigenvalue weighted by molar-refractivity contribution is 0.0492. The van der Waals surface area contributed by atoms with E-state index in [0.29, 0.717) is 25.4 Å². The van der Waals surface area contributed by atoms with Gasteiger partial charge in [-0.2, -0.15) is 0 Å². The van der Waals surface area contributed by atoms with Gasteiger partial charge in [-0.3, -0.25) is 4.79 Å². The number of imidazole rings is 1. The number of ether oxygens (including phenoxy) is 1. The largest absolute Gasteiger partial charge is 0.378 e. The maximum atomic E-state index is 12.1. The van der Waals surface area contributed by atoms with E-state index in [-0.39, 0.29) is 11.9 Å². The molecule has 3 heterocycles. The Kier molecular flexibility index (Phi) is 3.23. The molecule has 0 aliphatic carbocycles. The zero-order valence-corrected chi connectivity index (χ0v) is 11.4. The summed E-state index contributed by atoms with van der Waals surface area (Å²) >= 11 is 0. The third-order valence-corrected chi connectivity index (χ3v) is 3.30. The average Bonchev–Trinajstić information content (AvgIpc) is 2.97. The van der Waals surface area contributed by atoms with Crippen molar-refractivity contribution in [3.05, 3.63) is 30.1 Å². The topological polar surface area (TPSA) is 78.1 Å². The standard InChI is InChI=1S/C12H16N6O2/c1-16-6-11(13-8-16)12(19)17-4-10(5-17)18-3-9(7-20-2)14-15-18/h3,6,8,10H,4-5,7H2,1-2H3. The molecule has 0 saturated carbocycles. The van der Waals surface area contributed by atoms with E-state index < -0.39 is 0 Å². The number of aryl methyl sites for hydroxylation is 1. The minimum atomic E-state index is -0.0425. The van der Waals surface area contributed by atoms with E-state index in [0.717, 1.165) is 5.69 Å². The van der Waals surface area contributed by atoms with Crippen LogP contribution in [-0.2, 0) is 18.4 Å². The van der Waals surface area contributed by atoms with Gasteiger partial charge in [0.15, 0.2) is 0 Å². The van der Waals surface area contributed by atoms with Crippen LogP contribution in [0.25, 0.3) is 0 Å². The molecule has 106 valence electrons. The molecule has 0 bridgehead atoms. The first-order valence-electron chi connectivity index (χ1n) is 6.34. The second-order valence-electron chi connectivity index (χ2n) is 4.91. The van der Waals surface area contributed by atoms with Gasteiger partial charge in [-0.25, -0.2) is 9.67 Å². The van der Waals surface area contributed by atoms with Crippen molar-refractivity contribution in [2.45, 2.75) is 12.6 Å². The molecule has 1 aliphatic rings. The van der Waals surface area contributed by atoms with Crippen LogP contribution >= 0.6 is 0 Å². The molecule has 1 amide bonds. The SMILES string of the molecule is COCc1cn(C2CN(C(=O)c3cn(C)cn3)C2)nn1. The molecule has 0 unspecified atom stereocenters. The summed E-state index contributed by atoms with van der Waals surface area (Å²) in [7, 11) is 3.46. The Morgan fingerprint density at radius 2 is 2.25 bits per heavy atom. The van der Waals surface area contributed by atoms with Crippen molar-refractivity contribution in [2.75, 3.05) is 20.2 Å². The Morgan fingerprint density at radius 3 is 2.90 bits per heavy atom.